The monoisotopic (exact) mass is 576 g/mol. The SMILES string of the molecule is CCC(Cc1ccccc1)C1OC(=O)C(C(c2cccc(NC(=O)CCn3ccc4ccccc43)c2)C2CC2)=C(O)C1=O. The van der Waals surface area contributed by atoms with Crippen LogP contribution in [0.15, 0.2) is 102 Å². The number of aryl methyl sites for hydroxylation is 1. The number of hydrogen-bond acceptors (Lipinski definition) is 5. The van der Waals surface area contributed by atoms with Crippen molar-refractivity contribution in [2.75, 3.05) is 5.32 Å². The van der Waals surface area contributed by atoms with E-state index in [0.29, 0.717) is 31.5 Å². The molecular weight excluding hydrogens is 540 g/mol. The van der Waals surface area contributed by atoms with Gasteiger partial charge in [0.25, 0.3) is 0 Å². The van der Waals surface area contributed by atoms with Crippen LogP contribution in [0.4, 0.5) is 5.69 Å². The number of ether oxygens (including phenoxy) is 1. The number of fused-ring (bicyclic) bond motifs is 1. The molecule has 1 aliphatic carbocycles. The summed E-state index contributed by atoms with van der Waals surface area (Å²) in [5.74, 6) is -2.42. The molecule has 2 heterocycles. The number of rotatable bonds is 11. The Balaban J connectivity index is 1.18. The molecule has 4 aromatic rings. The van der Waals surface area contributed by atoms with Crippen molar-refractivity contribution < 1.29 is 24.2 Å². The number of Topliss-reactive ketones (excluding diaryl/α,β-unsaturated/α-hetero) is 1. The number of nitrogens with zero attached hydrogens (tertiary/aromatic N) is 1. The lowest BCUT2D eigenvalue weighted by Gasteiger charge is -2.31. The number of anilines is 1. The number of hydrogen-bond donors (Lipinski definition) is 2. The van der Waals surface area contributed by atoms with Crippen molar-refractivity contribution in [2.24, 2.45) is 11.8 Å². The minimum Gasteiger partial charge on any atom is -0.504 e. The van der Waals surface area contributed by atoms with Gasteiger partial charge in [0.05, 0.1) is 5.57 Å². The molecule has 0 radical (unpaired) electrons. The van der Waals surface area contributed by atoms with Crippen LogP contribution >= 0.6 is 0 Å². The van der Waals surface area contributed by atoms with E-state index in [-0.39, 0.29) is 23.3 Å². The fraction of sp³-hybridized carbons (Fsp3) is 0.306. The molecular formula is C36H36N2O5. The molecule has 3 atom stereocenters. The van der Waals surface area contributed by atoms with E-state index in [1.165, 1.54) is 0 Å². The number of carbonyl (C=O) groups is 3. The van der Waals surface area contributed by atoms with Gasteiger partial charge < -0.3 is 19.7 Å². The predicted octanol–water partition coefficient (Wildman–Crippen LogP) is 6.74. The van der Waals surface area contributed by atoms with Crippen molar-refractivity contribution in [2.45, 2.75) is 57.6 Å². The van der Waals surface area contributed by atoms with Gasteiger partial charge in [-0.05, 0) is 72.4 Å². The number of ketones is 1. The molecule has 220 valence electrons. The number of aliphatic hydroxyl groups excluding tert-OH is 1. The smallest absolute Gasteiger partial charge is 0.339 e. The van der Waals surface area contributed by atoms with Gasteiger partial charge in [-0.3, -0.25) is 9.59 Å². The molecule has 2 N–H and O–H groups in total. The minimum absolute atomic E-state index is 0.0290. The molecule has 7 heteroatoms. The largest absolute Gasteiger partial charge is 0.504 e. The Hall–Kier alpha value is -4.65. The second-order valence-electron chi connectivity index (χ2n) is 11.6. The summed E-state index contributed by atoms with van der Waals surface area (Å²) in [6.07, 6.45) is 4.19. The van der Waals surface area contributed by atoms with E-state index < -0.39 is 29.5 Å². The van der Waals surface area contributed by atoms with E-state index in [0.717, 1.165) is 34.9 Å². The maximum absolute atomic E-state index is 13.5. The van der Waals surface area contributed by atoms with Crippen molar-refractivity contribution in [3.63, 3.8) is 0 Å². The first kappa shape index (κ1) is 28.5. The standard InChI is InChI=1S/C36H36N2O5/c1-2-24(21-23-9-4-3-5-10-23)35-34(41)33(40)32(36(42)43-35)31(26-15-16-26)27-12-8-13-28(22-27)37-30(39)18-20-38-19-17-25-11-6-7-14-29(25)38/h3-14,17,19,22,24,26,31,35,40H,2,15-16,18,20-21H2,1H3,(H,37,39). The number of nitrogens with one attached hydrogen (secondary N) is 1. The van der Waals surface area contributed by atoms with E-state index in [1.54, 1.807) is 6.07 Å². The second kappa shape index (κ2) is 12.3. The summed E-state index contributed by atoms with van der Waals surface area (Å²) in [4.78, 5) is 39.8. The zero-order valence-electron chi connectivity index (χ0n) is 24.2. The third kappa shape index (κ3) is 6.12. The zero-order chi connectivity index (χ0) is 29.9. The third-order valence-electron chi connectivity index (χ3n) is 8.69. The molecule has 1 saturated carbocycles. The highest BCUT2D eigenvalue weighted by Gasteiger charge is 2.47. The van der Waals surface area contributed by atoms with Gasteiger partial charge in [-0.25, -0.2) is 4.79 Å². The molecule has 7 nitrogen and oxygen atoms in total. The van der Waals surface area contributed by atoms with Gasteiger partial charge in [0, 0.05) is 42.2 Å². The molecule has 0 spiro atoms. The average molecular weight is 577 g/mol. The topological polar surface area (TPSA) is 97.6 Å². The van der Waals surface area contributed by atoms with E-state index in [2.05, 4.69) is 9.88 Å². The summed E-state index contributed by atoms with van der Waals surface area (Å²) in [7, 11) is 0. The van der Waals surface area contributed by atoms with Gasteiger partial charge in [0.15, 0.2) is 11.9 Å². The molecule has 3 aromatic carbocycles. The number of esters is 1. The third-order valence-corrected chi connectivity index (χ3v) is 8.69. The Bertz CT molecular complexity index is 1680. The average Bonchev–Trinajstić information content (AvgIpc) is 3.78. The maximum Gasteiger partial charge on any atom is 0.339 e. The van der Waals surface area contributed by atoms with Crippen molar-refractivity contribution in [3.8, 4) is 0 Å². The lowest BCUT2D eigenvalue weighted by molar-refractivity contribution is -0.158. The molecule has 2 aliphatic rings. The molecule has 0 saturated heterocycles. The molecule has 43 heavy (non-hydrogen) atoms. The number of cyclic esters (lactones) is 1. The Morgan fingerprint density at radius 1 is 1.00 bits per heavy atom. The van der Waals surface area contributed by atoms with Gasteiger partial charge >= 0.3 is 5.97 Å². The van der Waals surface area contributed by atoms with Crippen molar-refractivity contribution in [1.29, 1.82) is 0 Å². The Morgan fingerprint density at radius 3 is 2.53 bits per heavy atom. The fourth-order valence-electron chi connectivity index (χ4n) is 6.26. The number of aliphatic hydroxyl groups is 1. The number of para-hydroxylation sites is 1. The van der Waals surface area contributed by atoms with Crippen LogP contribution in [0, 0.1) is 11.8 Å². The summed E-state index contributed by atoms with van der Waals surface area (Å²) >= 11 is 0. The summed E-state index contributed by atoms with van der Waals surface area (Å²) in [6.45, 7) is 2.50. The van der Waals surface area contributed by atoms with Crippen molar-refractivity contribution in [1.82, 2.24) is 4.57 Å². The number of carbonyl (C=O) groups excluding carboxylic acids is 3. The molecule has 3 unspecified atom stereocenters. The van der Waals surface area contributed by atoms with E-state index in [1.807, 2.05) is 92.0 Å². The van der Waals surface area contributed by atoms with Crippen molar-refractivity contribution >= 4 is 34.3 Å². The van der Waals surface area contributed by atoms with Crippen LogP contribution in [0.1, 0.15) is 49.7 Å². The first-order valence-electron chi connectivity index (χ1n) is 15.1. The van der Waals surface area contributed by atoms with Crippen LogP contribution in [0.2, 0.25) is 0 Å². The number of benzene rings is 3. The summed E-state index contributed by atoms with van der Waals surface area (Å²) in [5, 5.41) is 15.3. The molecule has 1 amide bonds. The molecule has 1 fully saturated rings. The van der Waals surface area contributed by atoms with Gasteiger partial charge in [-0.1, -0.05) is 67.6 Å². The number of amides is 1. The molecule has 0 bridgehead atoms. The zero-order valence-corrected chi connectivity index (χ0v) is 24.2. The van der Waals surface area contributed by atoms with Gasteiger partial charge in [0.2, 0.25) is 11.7 Å². The predicted molar refractivity (Wildman–Crippen MR) is 166 cm³/mol. The van der Waals surface area contributed by atoms with Crippen LogP contribution in [0.3, 0.4) is 0 Å². The van der Waals surface area contributed by atoms with Gasteiger partial charge in [-0.2, -0.15) is 0 Å². The van der Waals surface area contributed by atoms with Crippen LogP contribution < -0.4 is 5.32 Å². The lowest BCUT2D eigenvalue weighted by atomic mass is 9.81. The summed E-state index contributed by atoms with van der Waals surface area (Å²) in [5.41, 5.74) is 3.52. The van der Waals surface area contributed by atoms with E-state index in [9.17, 15) is 19.5 Å². The Kier molecular flexibility index (Phi) is 8.14. The highest BCUT2D eigenvalue weighted by Crippen LogP contribution is 2.49. The van der Waals surface area contributed by atoms with E-state index in [4.69, 9.17) is 4.74 Å². The number of aromatic nitrogens is 1. The van der Waals surface area contributed by atoms with Crippen molar-refractivity contribution in [3.05, 3.63) is 114 Å². The van der Waals surface area contributed by atoms with Crippen LogP contribution in [0.25, 0.3) is 10.9 Å². The van der Waals surface area contributed by atoms with E-state index >= 15 is 0 Å². The minimum atomic E-state index is -1.02. The Morgan fingerprint density at radius 2 is 1.77 bits per heavy atom. The van der Waals surface area contributed by atoms with Crippen LogP contribution in [-0.4, -0.2) is 33.4 Å². The molecule has 1 aromatic heterocycles. The highest BCUT2D eigenvalue weighted by molar-refractivity contribution is 6.09. The maximum atomic E-state index is 13.5. The first-order chi connectivity index (χ1) is 20.9. The van der Waals surface area contributed by atoms with Gasteiger partial charge in [0.1, 0.15) is 0 Å². The molecule has 6 rings (SSSR count). The highest BCUT2D eigenvalue weighted by atomic mass is 16.6. The fourth-order valence-corrected chi connectivity index (χ4v) is 6.26. The Labute approximate surface area is 251 Å². The molecule has 1 aliphatic heterocycles. The quantitative estimate of drug-likeness (QED) is 0.193. The second-order valence-corrected chi connectivity index (χ2v) is 11.6. The first-order valence-corrected chi connectivity index (χ1v) is 15.1. The normalized spacial score (nSPS) is 18.4. The van der Waals surface area contributed by atoms with Crippen LogP contribution in [-0.2, 0) is 32.1 Å². The van der Waals surface area contributed by atoms with Gasteiger partial charge in [-0.15, -0.1) is 0 Å². The summed E-state index contributed by atoms with van der Waals surface area (Å²) < 4.78 is 7.86. The van der Waals surface area contributed by atoms with Crippen LogP contribution in [0.5, 0.6) is 0 Å². The lowest BCUT2D eigenvalue weighted by Crippen LogP contribution is -2.42. The summed E-state index contributed by atoms with van der Waals surface area (Å²) in [6, 6.07) is 27.2.